The fraction of sp³-hybridized carbons (Fsp3) is 0.0435. The fourth-order valence-corrected chi connectivity index (χ4v) is 3.97. The standard InChI is InChI=1S/C23H20N4O3S/c1-16-7-5-8-17(13-16)21-15-25-23(26-22(21)30-19-10-3-2-4-11-19)27-31(28,29)20-12-6-9-18(24)14-20/h2-15H,24H2,1H3,(H,25,26,27). The third-order valence-electron chi connectivity index (χ3n) is 4.43. The summed E-state index contributed by atoms with van der Waals surface area (Å²) in [6.45, 7) is 1.98. The fourth-order valence-electron chi connectivity index (χ4n) is 2.96. The van der Waals surface area contributed by atoms with Crippen molar-refractivity contribution in [1.29, 1.82) is 0 Å². The number of rotatable bonds is 6. The number of aromatic nitrogens is 2. The molecule has 3 aromatic carbocycles. The van der Waals surface area contributed by atoms with Crippen molar-refractivity contribution < 1.29 is 13.2 Å². The zero-order valence-corrected chi connectivity index (χ0v) is 17.5. The second kappa shape index (κ2) is 8.45. The number of ether oxygens (including phenoxy) is 1. The van der Waals surface area contributed by atoms with Crippen LogP contribution in [0, 0.1) is 6.92 Å². The topological polar surface area (TPSA) is 107 Å². The Balaban J connectivity index is 1.74. The van der Waals surface area contributed by atoms with Gasteiger partial charge >= 0.3 is 0 Å². The molecule has 8 heteroatoms. The molecule has 0 fully saturated rings. The summed E-state index contributed by atoms with van der Waals surface area (Å²) in [4.78, 5) is 8.58. The lowest BCUT2D eigenvalue weighted by atomic mass is 10.1. The molecule has 0 saturated heterocycles. The first-order valence-corrected chi connectivity index (χ1v) is 10.9. The van der Waals surface area contributed by atoms with E-state index < -0.39 is 10.0 Å². The molecule has 1 heterocycles. The molecule has 0 radical (unpaired) electrons. The first kappa shape index (κ1) is 20.4. The van der Waals surface area contributed by atoms with Gasteiger partial charge in [-0.05, 0) is 42.8 Å². The largest absolute Gasteiger partial charge is 0.438 e. The van der Waals surface area contributed by atoms with Gasteiger partial charge in [0.15, 0.2) is 0 Å². The van der Waals surface area contributed by atoms with Crippen molar-refractivity contribution in [2.75, 3.05) is 10.5 Å². The van der Waals surface area contributed by atoms with Gasteiger partial charge in [-0.2, -0.15) is 4.98 Å². The molecule has 0 unspecified atom stereocenters. The molecule has 0 amide bonds. The molecule has 1 aromatic heterocycles. The number of hydrogen-bond donors (Lipinski definition) is 2. The van der Waals surface area contributed by atoms with Crippen LogP contribution < -0.4 is 15.2 Å². The summed E-state index contributed by atoms with van der Waals surface area (Å²) in [5.41, 5.74) is 8.61. The maximum Gasteiger partial charge on any atom is 0.264 e. The Kier molecular flexibility index (Phi) is 5.55. The van der Waals surface area contributed by atoms with Crippen LogP contribution in [-0.4, -0.2) is 18.4 Å². The summed E-state index contributed by atoms with van der Waals surface area (Å²) in [5.74, 6) is 0.696. The van der Waals surface area contributed by atoms with E-state index in [1.165, 1.54) is 18.3 Å². The van der Waals surface area contributed by atoms with E-state index in [1.807, 2.05) is 49.4 Å². The average molecular weight is 433 g/mol. The molecule has 0 atom stereocenters. The van der Waals surface area contributed by atoms with Gasteiger partial charge in [0, 0.05) is 11.9 Å². The highest BCUT2D eigenvalue weighted by Crippen LogP contribution is 2.32. The molecule has 4 aromatic rings. The first-order chi connectivity index (χ1) is 14.9. The highest BCUT2D eigenvalue weighted by atomic mass is 32.2. The SMILES string of the molecule is Cc1cccc(-c2cnc(NS(=O)(=O)c3cccc(N)c3)nc2Oc2ccccc2)c1. The number of nitrogens with two attached hydrogens (primary N) is 1. The lowest BCUT2D eigenvalue weighted by molar-refractivity contribution is 0.464. The summed E-state index contributed by atoms with van der Waals surface area (Å²) in [7, 11) is -3.92. The van der Waals surface area contributed by atoms with Crippen molar-refractivity contribution in [2.24, 2.45) is 0 Å². The monoisotopic (exact) mass is 432 g/mol. The van der Waals surface area contributed by atoms with Gasteiger partial charge in [-0.15, -0.1) is 0 Å². The van der Waals surface area contributed by atoms with Crippen LogP contribution >= 0.6 is 0 Å². The van der Waals surface area contributed by atoms with Crippen LogP contribution in [0.25, 0.3) is 11.1 Å². The van der Waals surface area contributed by atoms with Crippen LogP contribution in [0.15, 0.2) is 90.0 Å². The molecule has 0 bridgehead atoms. The molecule has 3 N–H and O–H groups in total. The van der Waals surface area contributed by atoms with E-state index in [4.69, 9.17) is 10.5 Å². The molecular formula is C23H20N4O3S. The Morgan fingerprint density at radius 1 is 0.935 bits per heavy atom. The summed E-state index contributed by atoms with van der Waals surface area (Å²) >= 11 is 0. The van der Waals surface area contributed by atoms with Crippen molar-refractivity contribution in [3.05, 3.63) is 90.6 Å². The van der Waals surface area contributed by atoms with Crippen LogP contribution in [0.3, 0.4) is 0 Å². The third kappa shape index (κ3) is 4.81. The number of sulfonamides is 1. The second-order valence-corrected chi connectivity index (χ2v) is 8.56. The summed E-state index contributed by atoms with van der Waals surface area (Å²) in [6.07, 6.45) is 1.54. The Labute approximate surface area is 180 Å². The van der Waals surface area contributed by atoms with E-state index >= 15 is 0 Å². The molecule has 156 valence electrons. The molecule has 0 aliphatic rings. The van der Waals surface area contributed by atoms with Crippen LogP contribution in [-0.2, 0) is 10.0 Å². The van der Waals surface area contributed by atoms with Crippen LogP contribution in [0.4, 0.5) is 11.6 Å². The molecule has 0 spiro atoms. The van der Waals surface area contributed by atoms with Crippen LogP contribution in [0.5, 0.6) is 11.6 Å². The second-order valence-electron chi connectivity index (χ2n) is 6.88. The van der Waals surface area contributed by atoms with Gasteiger partial charge in [0.05, 0.1) is 10.5 Å². The molecule has 0 aliphatic carbocycles. The molecule has 0 saturated carbocycles. The minimum absolute atomic E-state index is 0.0180. The van der Waals surface area contributed by atoms with Gasteiger partial charge in [0.1, 0.15) is 5.75 Å². The lowest BCUT2D eigenvalue weighted by Crippen LogP contribution is -2.15. The number of anilines is 2. The van der Waals surface area contributed by atoms with Crippen molar-refractivity contribution in [2.45, 2.75) is 11.8 Å². The Morgan fingerprint density at radius 2 is 1.71 bits per heavy atom. The van der Waals surface area contributed by atoms with Gasteiger partial charge < -0.3 is 10.5 Å². The zero-order chi connectivity index (χ0) is 21.8. The minimum atomic E-state index is -3.92. The Morgan fingerprint density at radius 3 is 2.45 bits per heavy atom. The predicted octanol–water partition coefficient (Wildman–Crippen LogP) is 4.63. The molecule has 31 heavy (non-hydrogen) atoms. The predicted molar refractivity (Wildman–Crippen MR) is 120 cm³/mol. The van der Waals surface area contributed by atoms with Gasteiger partial charge in [-0.3, -0.25) is 0 Å². The summed E-state index contributed by atoms with van der Waals surface area (Å²) < 4.78 is 33.8. The van der Waals surface area contributed by atoms with Crippen LogP contribution in [0.2, 0.25) is 0 Å². The van der Waals surface area contributed by atoms with Crippen LogP contribution in [0.1, 0.15) is 5.56 Å². The quantitative estimate of drug-likeness (QED) is 0.430. The van der Waals surface area contributed by atoms with E-state index in [-0.39, 0.29) is 16.7 Å². The minimum Gasteiger partial charge on any atom is -0.438 e. The maximum absolute atomic E-state index is 12.7. The molecular weight excluding hydrogens is 412 g/mol. The number of aryl methyl sites for hydroxylation is 1. The number of nitrogens with zero attached hydrogens (tertiary/aromatic N) is 2. The van der Waals surface area contributed by atoms with Crippen molar-refractivity contribution in [3.8, 4) is 22.8 Å². The van der Waals surface area contributed by atoms with Gasteiger partial charge in [-0.1, -0.05) is 54.1 Å². The van der Waals surface area contributed by atoms with Gasteiger partial charge in [-0.25, -0.2) is 18.1 Å². The third-order valence-corrected chi connectivity index (χ3v) is 5.76. The maximum atomic E-state index is 12.7. The first-order valence-electron chi connectivity index (χ1n) is 9.46. The Bertz CT molecular complexity index is 1330. The van der Waals surface area contributed by atoms with E-state index in [9.17, 15) is 8.42 Å². The van der Waals surface area contributed by atoms with E-state index in [1.54, 1.807) is 24.3 Å². The molecule has 0 aliphatic heterocycles. The molecule has 7 nitrogen and oxygen atoms in total. The van der Waals surface area contributed by atoms with E-state index in [2.05, 4.69) is 14.7 Å². The van der Waals surface area contributed by atoms with E-state index in [0.29, 0.717) is 17.0 Å². The number of para-hydroxylation sites is 1. The highest BCUT2D eigenvalue weighted by molar-refractivity contribution is 7.92. The number of benzene rings is 3. The summed E-state index contributed by atoms with van der Waals surface area (Å²) in [6, 6.07) is 22.9. The smallest absolute Gasteiger partial charge is 0.264 e. The highest BCUT2D eigenvalue weighted by Gasteiger charge is 2.18. The normalized spacial score (nSPS) is 11.1. The summed E-state index contributed by atoms with van der Waals surface area (Å²) in [5, 5.41) is 0. The average Bonchev–Trinajstić information content (AvgIpc) is 2.74. The van der Waals surface area contributed by atoms with Gasteiger partial charge in [0.2, 0.25) is 11.8 Å². The van der Waals surface area contributed by atoms with Gasteiger partial charge in [0.25, 0.3) is 10.0 Å². The lowest BCUT2D eigenvalue weighted by Gasteiger charge is -2.13. The van der Waals surface area contributed by atoms with Crippen molar-refractivity contribution in [3.63, 3.8) is 0 Å². The Hall–Kier alpha value is -3.91. The van der Waals surface area contributed by atoms with Crippen molar-refractivity contribution >= 4 is 21.7 Å². The molecule has 4 rings (SSSR count). The van der Waals surface area contributed by atoms with Crippen molar-refractivity contribution in [1.82, 2.24) is 9.97 Å². The number of hydrogen-bond acceptors (Lipinski definition) is 6. The zero-order valence-electron chi connectivity index (χ0n) is 16.7. The number of nitrogens with one attached hydrogen (secondary N) is 1. The van der Waals surface area contributed by atoms with E-state index in [0.717, 1.165) is 11.1 Å². The number of nitrogen functional groups attached to an aromatic ring is 1.